The molecule has 9 heteroatoms. The summed E-state index contributed by atoms with van der Waals surface area (Å²) in [6, 6.07) is 8.75. The predicted molar refractivity (Wildman–Crippen MR) is 132 cm³/mol. The SMILES string of the molecule is COC(=O)CCc1cc(C(=O)Nc2ccc(Cl)cn2)ccc1NC(=O)C1CCN(C(C)C)CC1. The van der Waals surface area contributed by atoms with Crippen LogP contribution in [0.15, 0.2) is 36.5 Å². The first kappa shape index (κ1) is 25.6. The summed E-state index contributed by atoms with van der Waals surface area (Å²) in [4.78, 5) is 43.9. The van der Waals surface area contributed by atoms with E-state index in [9.17, 15) is 14.4 Å². The first-order valence-electron chi connectivity index (χ1n) is 11.4. The molecular formula is C25H31ClN4O4. The summed E-state index contributed by atoms with van der Waals surface area (Å²) >= 11 is 5.84. The molecule has 2 amide bonds. The van der Waals surface area contributed by atoms with E-state index >= 15 is 0 Å². The number of anilines is 2. The van der Waals surface area contributed by atoms with Crippen molar-refractivity contribution in [1.29, 1.82) is 0 Å². The number of rotatable bonds is 8. The van der Waals surface area contributed by atoms with E-state index in [-0.39, 0.29) is 30.1 Å². The Kier molecular flexibility index (Phi) is 9.01. The summed E-state index contributed by atoms with van der Waals surface area (Å²) < 4.78 is 4.75. The number of aryl methyl sites for hydroxylation is 1. The Bertz CT molecular complexity index is 1020. The Balaban J connectivity index is 1.73. The highest BCUT2D eigenvalue weighted by molar-refractivity contribution is 6.30. The van der Waals surface area contributed by atoms with Crippen LogP contribution >= 0.6 is 11.6 Å². The van der Waals surface area contributed by atoms with E-state index in [4.69, 9.17) is 16.3 Å². The van der Waals surface area contributed by atoms with Crippen molar-refractivity contribution in [2.75, 3.05) is 30.8 Å². The molecule has 34 heavy (non-hydrogen) atoms. The number of hydrogen-bond acceptors (Lipinski definition) is 6. The highest BCUT2D eigenvalue weighted by Gasteiger charge is 2.26. The van der Waals surface area contributed by atoms with E-state index in [0.717, 1.165) is 25.9 Å². The number of piperidine rings is 1. The minimum Gasteiger partial charge on any atom is -0.469 e. The molecule has 2 heterocycles. The van der Waals surface area contributed by atoms with Gasteiger partial charge >= 0.3 is 5.97 Å². The van der Waals surface area contributed by atoms with Crippen LogP contribution in [0.3, 0.4) is 0 Å². The average molecular weight is 487 g/mol. The Hall–Kier alpha value is -2.97. The van der Waals surface area contributed by atoms with Gasteiger partial charge in [0.2, 0.25) is 5.91 Å². The number of nitrogens with one attached hydrogen (secondary N) is 2. The van der Waals surface area contributed by atoms with Crippen LogP contribution in [0.5, 0.6) is 0 Å². The number of carbonyl (C=O) groups excluding carboxylic acids is 3. The molecule has 1 aromatic heterocycles. The van der Waals surface area contributed by atoms with Gasteiger partial charge in [-0.05, 0) is 82.1 Å². The monoisotopic (exact) mass is 486 g/mol. The molecule has 0 bridgehead atoms. The normalized spacial score (nSPS) is 14.6. The molecule has 0 saturated carbocycles. The van der Waals surface area contributed by atoms with Gasteiger partial charge in [-0.3, -0.25) is 14.4 Å². The molecule has 1 saturated heterocycles. The number of esters is 1. The zero-order valence-corrected chi connectivity index (χ0v) is 20.5. The van der Waals surface area contributed by atoms with Gasteiger partial charge in [0.1, 0.15) is 5.82 Å². The molecule has 8 nitrogen and oxygen atoms in total. The van der Waals surface area contributed by atoms with Crippen molar-refractivity contribution in [2.24, 2.45) is 5.92 Å². The number of likely N-dealkylation sites (tertiary alicyclic amines) is 1. The fraction of sp³-hybridized carbons (Fsp3) is 0.440. The molecule has 3 rings (SSSR count). The molecule has 1 aliphatic rings. The number of methoxy groups -OCH3 is 1. The predicted octanol–water partition coefficient (Wildman–Crippen LogP) is 4.15. The highest BCUT2D eigenvalue weighted by atomic mass is 35.5. The average Bonchev–Trinajstić information content (AvgIpc) is 2.84. The second kappa shape index (κ2) is 11.9. The van der Waals surface area contributed by atoms with Crippen molar-refractivity contribution in [3.8, 4) is 0 Å². The Labute approximate surface area is 205 Å². The fourth-order valence-corrected chi connectivity index (χ4v) is 4.07. The molecule has 1 aliphatic heterocycles. The van der Waals surface area contributed by atoms with Crippen molar-refractivity contribution < 1.29 is 19.1 Å². The summed E-state index contributed by atoms with van der Waals surface area (Å²) in [5.74, 6) is -0.449. The van der Waals surface area contributed by atoms with E-state index in [1.807, 2.05) is 0 Å². The van der Waals surface area contributed by atoms with E-state index in [0.29, 0.717) is 40.1 Å². The second-order valence-corrected chi connectivity index (χ2v) is 9.09. The molecular weight excluding hydrogens is 456 g/mol. The van der Waals surface area contributed by atoms with Gasteiger partial charge in [-0.15, -0.1) is 0 Å². The number of benzene rings is 1. The van der Waals surface area contributed by atoms with Gasteiger partial charge in [0.15, 0.2) is 0 Å². The van der Waals surface area contributed by atoms with Crippen LogP contribution < -0.4 is 10.6 Å². The maximum Gasteiger partial charge on any atom is 0.305 e. The zero-order chi connectivity index (χ0) is 24.7. The summed E-state index contributed by atoms with van der Waals surface area (Å²) in [7, 11) is 1.33. The van der Waals surface area contributed by atoms with Crippen molar-refractivity contribution in [3.63, 3.8) is 0 Å². The fourth-order valence-electron chi connectivity index (χ4n) is 3.95. The lowest BCUT2D eigenvalue weighted by Crippen LogP contribution is -2.41. The minimum atomic E-state index is -0.362. The van der Waals surface area contributed by atoms with Crippen LogP contribution in [0.2, 0.25) is 5.02 Å². The maximum atomic E-state index is 13.0. The lowest BCUT2D eigenvalue weighted by atomic mass is 9.94. The van der Waals surface area contributed by atoms with Crippen LogP contribution in [0, 0.1) is 5.92 Å². The van der Waals surface area contributed by atoms with Crippen LogP contribution in [0.4, 0.5) is 11.5 Å². The summed E-state index contributed by atoms with van der Waals surface area (Å²) in [6.45, 7) is 6.11. The molecule has 2 aromatic rings. The van der Waals surface area contributed by atoms with Gasteiger partial charge in [-0.2, -0.15) is 0 Å². The van der Waals surface area contributed by atoms with Crippen molar-refractivity contribution in [1.82, 2.24) is 9.88 Å². The smallest absolute Gasteiger partial charge is 0.305 e. The highest BCUT2D eigenvalue weighted by Crippen LogP contribution is 2.25. The molecule has 182 valence electrons. The number of aromatic nitrogens is 1. The van der Waals surface area contributed by atoms with E-state index < -0.39 is 0 Å². The van der Waals surface area contributed by atoms with Gasteiger partial charge in [-0.1, -0.05) is 11.6 Å². The largest absolute Gasteiger partial charge is 0.469 e. The Morgan fingerprint density at radius 3 is 2.50 bits per heavy atom. The van der Waals surface area contributed by atoms with Gasteiger partial charge in [0, 0.05) is 35.8 Å². The van der Waals surface area contributed by atoms with Crippen molar-refractivity contribution >= 4 is 40.9 Å². The number of hydrogen-bond donors (Lipinski definition) is 2. The zero-order valence-electron chi connectivity index (χ0n) is 19.8. The first-order chi connectivity index (χ1) is 16.3. The van der Waals surface area contributed by atoms with Gasteiger partial charge in [-0.25, -0.2) is 4.98 Å². The van der Waals surface area contributed by atoms with Crippen molar-refractivity contribution in [2.45, 2.75) is 45.6 Å². The minimum absolute atomic E-state index is 0.0368. The van der Waals surface area contributed by atoms with E-state index in [1.165, 1.54) is 13.3 Å². The topological polar surface area (TPSA) is 101 Å². The third-order valence-corrected chi connectivity index (χ3v) is 6.27. The lowest BCUT2D eigenvalue weighted by molar-refractivity contribution is -0.140. The van der Waals surface area contributed by atoms with Crippen LogP contribution in [0.1, 0.15) is 49.0 Å². The Morgan fingerprint density at radius 2 is 1.88 bits per heavy atom. The number of carbonyl (C=O) groups is 3. The van der Waals surface area contributed by atoms with Gasteiger partial charge in [0.25, 0.3) is 5.91 Å². The summed E-state index contributed by atoms with van der Waals surface area (Å²) in [5, 5.41) is 6.21. The number of amides is 2. The van der Waals surface area contributed by atoms with Gasteiger partial charge < -0.3 is 20.3 Å². The van der Waals surface area contributed by atoms with Crippen LogP contribution in [-0.4, -0.2) is 53.9 Å². The van der Waals surface area contributed by atoms with E-state index in [1.54, 1.807) is 30.3 Å². The number of pyridine rings is 1. The molecule has 1 fully saturated rings. The molecule has 1 aromatic carbocycles. The summed E-state index contributed by atoms with van der Waals surface area (Å²) in [6.07, 6.45) is 3.51. The van der Waals surface area contributed by atoms with Crippen molar-refractivity contribution in [3.05, 3.63) is 52.7 Å². The van der Waals surface area contributed by atoms with Gasteiger partial charge in [0.05, 0.1) is 12.1 Å². The molecule has 0 spiro atoms. The number of nitrogens with zero attached hydrogens (tertiary/aromatic N) is 2. The van der Waals surface area contributed by atoms with E-state index in [2.05, 4.69) is 34.4 Å². The summed E-state index contributed by atoms with van der Waals surface area (Å²) in [5.41, 5.74) is 1.68. The lowest BCUT2D eigenvalue weighted by Gasteiger charge is -2.34. The van der Waals surface area contributed by atoms with Crippen LogP contribution in [0.25, 0.3) is 0 Å². The molecule has 0 unspecified atom stereocenters. The third kappa shape index (κ3) is 7.01. The molecule has 2 N–H and O–H groups in total. The van der Waals surface area contributed by atoms with Crippen LogP contribution in [-0.2, 0) is 20.7 Å². The third-order valence-electron chi connectivity index (χ3n) is 6.05. The standard InChI is InChI=1S/C25H31ClN4O4/c1-16(2)30-12-10-17(11-13-30)24(32)28-21-7-4-19(14-18(21)5-9-23(31)34-3)25(33)29-22-8-6-20(26)15-27-22/h4,6-8,14-17H,5,9-13H2,1-3H3,(H,28,32)(H,27,29,33). The molecule has 0 radical (unpaired) electrons. The first-order valence-corrected chi connectivity index (χ1v) is 11.8. The quantitative estimate of drug-likeness (QED) is 0.543. The molecule has 0 atom stereocenters. The number of ether oxygens (including phenoxy) is 1. The Morgan fingerprint density at radius 1 is 1.15 bits per heavy atom. The second-order valence-electron chi connectivity index (χ2n) is 8.66. The number of halogens is 1. The molecule has 0 aliphatic carbocycles. The maximum absolute atomic E-state index is 13.0.